The molecule has 0 atom stereocenters. The van der Waals surface area contributed by atoms with E-state index in [0.717, 1.165) is 27.3 Å². The summed E-state index contributed by atoms with van der Waals surface area (Å²) in [5.41, 5.74) is 4.50. The maximum absolute atomic E-state index is 5.96. The summed E-state index contributed by atoms with van der Waals surface area (Å²) in [7, 11) is 0. The van der Waals surface area contributed by atoms with Gasteiger partial charge in [-0.15, -0.1) is 11.3 Å². The van der Waals surface area contributed by atoms with Crippen LogP contribution >= 0.6 is 22.9 Å². The van der Waals surface area contributed by atoms with Gasteiger partial charge in [0, 0.05) is 21.7 Å². The van der Waals surface area contributed by atoms with Crippen LogP contribution in [0, 0.1) is 6.92 Å². The minimum atomic E-state index is 0.712. The maximum Gasteiger partial charge on any atom is 0.143 e. The highest BCUT2D eigenvalue weighted by Gasteiger charge is 2.13. The second-order valence-corrected chi connectivity index (χ2v) is 6.84. The molecule has 3 nitrogen and oxygen atoms in total. The van der Waals surface area contributed by atoms with Crippen LogP contribution in [0.3, 0.4) is 0 Å². The molecular formula is C19H14ClN3S. The first-order valence-electron chi connectivity index (χ1n) is 7.52. The second kappa shape index (κ2) is 6.23. The van der Waals surface area contributed by atoms with E-state index in [0.29, 0.717) is 5.02 Å². The first kappa shape index (κ1) is 15.1. The Morgan fingerprint density at radius 1 is 0.958 bits per heavy atom. The topological polar surface area (TPSA) is 37.8 Å². The molecule has 0 aliphatic carbocycles. The number of halogens is 1. The van der Waals surface area contributed by atoms with Gasteiger partial charge in [0.05, 0.1) is 5.39 Å². The molecule has 1 N–H and O–H groups in total. The van der Waals surface area contributed by atoms with Gasteiger partial charge in [0.25, 0.3) is 0 Å². The zero-order chi connectivity index (χ0) is 16.5. The minimum Gasteiger partial charge on any atom is -0.340 e. The Balaban J connectivity index is 1.82. The largest absolute Gasteiger partial charge is 0.340 e. The molecule has 0 aliphatic heterocycles. The summed E-state index contributed by atoms with van der Waals surface area (Å²) < 4.78 is 0. The number of thiophene rings is 1. The van der Waals surface area contributed by atoms with E-state index in [4.69, 9.17) is 11.6 Å². The van der Waals surface area contributed by atoms with Gasteiger partial charge in [-0.25, -0.2) is 9.97 Å². The van der Waals surface area contributed by atoms with Crippen molar-refractivity contribution in [3.63, 3.8) is 0 Å². The van der Waals surface area contributed by atoms with Gasteiger partial charge in [0.1, 0.15) is 17.0 Å². The van der Waals surface area contributed by atoms with E-state index in [1.807, 2.05) is 24.3 Å². The molecule has 4 rings (SSSR count). The fourth-order valence-corrected chi connectivity index (χ4v) is 3.63. The average Bonchev–Trinajstić information content (AvgIpc) is 3.03. The number of fused-ring (bicyclic) bond motifs is 1. The first-order valence-corrected chi connectivity index (χ1v) is 8.78. The number of rotatable bonds is 3. The number of hydrogen-bond donors (Lipinski definition) is 1. The lowest BCUT2D eigenvalue weighted by Gasteiger charge is -2.08. The van der Waals surface area contributed by atoms with Crippen LogP contribution in [0.5, 0.6) is 0 Å². The smallest absolute Gasteiger partial charge is 0.143 e. The Morgan fingerprint density at radius 3 is 2.46 bits per heavy atom. The van der Waals surface area contributed by atoms with Crippen molar-refractivity contribution in [2.45, 2.75) is 6.92 Å². The summed E-state index contributed by atoms with van der Waals surface area (Å²) in [6.45, 7) is 2.09. The van der Waals surface area contributed by atoms with Gasteiger partial charge in [-0.3, -0.25) is 0 Å². The Hall–Kier alpha value is -2.43. The zero-order valence-corrected chi connectivity index (χ0v) is 14.5. The van der Waals surface area contributed by atoms with E-state index in [-0.39, 0.29) is 0 Å². The SMILES string of the molecule is Cc1ccc(-c2csc3ncnc(Nc4ccc(Cl)cc4)c23)cc1. The molecule has 0 radical (unpaired) electrons. The number of aryl methyl sites for hydroxylation is 1. The summed E-state index contributed by atoms with van der Waals surface area (Å²) >= 11 is 7.59. The van der Waals surface area contributed by atoms with Crippen molar-refractivity contribution in [3.05, 3.63) is 70.8 Å². The molecule has 0 spiro atoms. The van der Waals surface area contributed by atoms with Crippen LogP contribution < -0.4 is 5.32 Å². The molecule has 118 valence electrons. The molecule has 2 aromatic heterocycles. The molecular weight excluding hydrogens is 338 g/mol. The Morgan fingerprint density at radius 2 is 1.71 bits per heavy atom. The standard InChI is InChI=1S/C19H14ClN3S/c1-12-2-4-13(5-3-12)16-10-24-19-17(16)18(21-11-22-19)23-15-8-6-14(20)7-9-15/h2-11H,1H3,(H,21,22,23). The van der Waals surface area contributed by atoms with E-state index < -0.39 is 0 Å². The average molecular weight is 352 g/mol. The summed E-state index contributed by atoms with van der Waals surface area (Å²) in [5, 5.41) is 7.27. The van der Waals surface area contributed by atoms with Crippen molar-refractivity contribution < 1.29 is 0 Å². The molecule has 0 bridgehead atoms. The maximum atomic E-state index is 5.96. The summed E-state index contributed by atoms with van der Waals surface area (Å²) in [4.78, 5) is 9.83. The zero-order valence-electron chi connectivity index (χ0n) is 13.0. The van der Waals surface area contributed by atoms with Gasteiger partial charge in [-0.1, -0.05) is 41.4 Å². The highest BCUT2D eigenvalue weighted by Crippen LogP contribution is 2.37. The van der Waals surface area contributed by atoms with Crippen molar-refractivity contribution in [2.24, 2.45) is 0 Å². The van der Waals surface area contributed by atoms with Gasteiger partial charge < -0.3 is 5.32 Å². The van der Waals surface area contributed by atoms with Crippen LogP contribution in [0.2, 0.25) is 5.02 Å². The molecule has 0 unspecified atom stereocenters. The monoisotopic (exact) mass is 351 g/mol. The van der Waals surface area contributed by atoms with Crippen LogP contribution in [0.15, 0.2) is 60.2 Å². The lowest BCUT2D eigenvalue weighted by atomic mass is 10.0. The second-order valence-electron chi connectivity index (χ2n) is 5.55. The van der Waals surface area contributed by atoms with Gasteiger partial charge in [-0.2, -0.15) is 0 Å². The highest BCUT2D eigenvalue weighted by molar-refractivity contribution is 7.17. The summed E-state index contributed by atoms with van der Waals surface area (Å²) in [6, 6.07) is 16.1. The lowest BCUT2D eigenvalue weighted by molar-refractivity contribution is 1.23. The normalized spacial score (nSPS) is 10.9. The Bertz CT molecular complexity index is 991. The Labute approximate surface area is 149 Å². The number of benzene rings is 2. The molecule has 0 amide bonds. The summed E-state index contributed by atoms with van der Waals surface area (Å²) in [6.07, 6.45) is 1.59. The fraction of sp³-hybridized carbons (Fsp3) is 0.0526. The van der Waals surface area contributed by atoms with Gasteiger partial charge in [0.2, 0.25) is 0 Å². The van der Waals surface area contributed by atoms with Crippen molar-refractivity contribution in [1.29, 1.82) is 0 Å². The molecule has 0 aliphatic rings. The molecule has 0 saturated heterocycles. The molecule has 24 heavy (non-hydrogen) atoms. The van der Waals surface area contributed by atoms with E-state index in [9.17, 15) is 0 Å². The van der Waals surface area contributed by atoms with Gasteiger partial charge >= 0.3 is 0 Å². The molecule has 4 aromatic rings. The molecule has 0 saturated carbocycles. The summed E-state index contributed by atoms with van der Waals surface area (Å²) in [5.74, 6) is 0.805. The number of nitrogens with zero attached hydrogens (tertiary/aromatic N) is 2. The minimum absolute atomic E-state index is 0.712. The molecule has 5 heteroatoms. The Kier molecular flexibility index (Phi) is 3.92. The van der Waals surface area contributed by atoms with E-state index in [1.165, 1.54) is 11.1 Å². The number of nitrogens with one attached hydrogen (secondary N) is 1. The third-order valence-corrected chi connectivity index (χ3v) is 4.98. The van der Waals surface area contributed by atoms with Crippen LogP contribution in [0.25, 0.3) is 21.3 Å². The number of hydrogen-bond acceptors (Lipinski definition) is 4. The van der Waals surface area contributed by atoms with Crippen molar-refractivity contribution in [3.8, 4) is 11.1 Å². The van der Waals surface area contributed by atoms with E-state index in [2.05, 4.69) is 51.9 Å². The third-order valence-electron chi connectivity index (χ3n) is 3.84. The van der Waals surface area contributed by atoms with E-state index in [1.54, 1.807) is 17.7 Å². The quantitative estimate of drug-likeness (QED) is 0.487. The number of anilines is 2. The van der Waals surface area contributed by atoms with Crippen molar-refractivity contribution in [1.82, 2.24) is 9.97 Å². The predicted octanol–water partition coefficient (Wildman–Crippen LogP) is 6.06. The van der Waals surface area contributed by atoms with Crippen LogP contribution in [0.1, 0.15) is 5.56 Å². The molecule has 2 heterocycles. The number of aromatic nitrogens is 2. The van der Waals surface area contributed by atoms with Crippen molar-refractivity contribution >= 4 is 44.7 Å². The van der Waals surface area contributed by atoms with Gasteiger partial charge in [0.15, 0.2) is 0 Å². The predicted molar refractivity (Wildman–Crippen MR) is 102 cm³/mol. The van der Waals surface area contributed by atoms with Crippen LogP contribution in [-0.2, 0) is 0 Å². The van der Waals surface area contributed by atoms with Crippen LogP contribution in [0.4, 0.5) is 11.5 Å². The van der Waals surface area contributed by atoms with E-state index >= 15 is 0 Å². The molecule has 0 fully saturated rings. The lowest BCUT2D eigenvalue weighted by Crippen LogP contribution is -1.95. The fourth-order valence-electron chi connectivity index (χ4n) is 2.59. The third kappa shape index (κ3) is 2.86. The van der Waals surface area contributed by atoms with Crippen LogP contribution in [-0.4, -0.2) is 9.97 Å². The first-order chi connectivity index (χ1) is 11.7. The van der Waals surface area contributed by atoms with Gasteiger partial charge in [-0.05, 0) is 36.8 Å². The van der Waals surface area contributed by atoms with Crippen molar-refractivity contribution in [2.75, 3.05) is 5.32 Å². The highest BCUT2D eigenvalue weighted by atomic mass is 35.5. The molecule has 2 aromatic carbocycles.